The van der Waals surface area contributed by atoms with Crippen LogP contribution in [0.5, 0.6) is 11.5 Å². The number of hydrogen-bond donors (Lipinski definition) is 1. The fraction of sp³-hybridized carbons (Fsp3) is 0.381. The van der Waals surface area contributed by atoms with E-state index in [0.29, 0.717) is 23.8 Å². The molecule has 4 nitrogen and oxygen atoms in total. The van der Waals surface area contributed by atoms with E-state index in [2.05, 4.69) is 12.2 Å². The van der Waals surface area contributed by atoms with Gasteiger partial charge in [-0.3, -0.25) is 4.79 Å². The van der Waals surface area contributed by atoms with Gasteiger partial charge in [0.05, 0.1) is 19.4 Å². The summed E-state index contributed by atoms with van der Waals surface area (Å²) in [5.41, 5.74) is 1.69. The number of halogens is 1. The van der Waals surface area contributed by atoms with E-state index in [4.69, 9.17) is 21.1 Å². The Bertz CT molecular complexity index is 778. The van der Waals surface area contributed by atoms with Crippen molar-refractivity contribution in [3.63, 3.8) is 0 Å². The van der Waals surface area contributed by atoms with Gasteiger partial charge < -0.3 is 14.8 Å². The molecule has 0 spiro atoms. The number of unbranched alkanes of at least 4 members (excludes halogenated alkanes) is 1. The highest BCUT2D eigenvalue weighted by Gasteiger charge is 2.45. The van der Waals surface area contributed by atoms with Gasteiger partial charge in [0.1, 0.15) is 11.5 Å². The second kappa shape index (κ2) is 8.45. The third-order valence-corrected chi connectivity index (χ3v) is 4.98. The van der Waals surface area contributed by atoms with Gasteiger partial charge in [0.15, 0.2) is 0 Å². The Morgan fingerprint density at radius 1 is 1.27 bits per heavy atom. The van der Waals surface area contributed by atoms with E-state index >= 15 is 0 Å². The van der Waals surface area contributed by atoms with Crippen molar-refractivity contribution in [1.82, 2.24) is 0 Å². The molecule has 5 heteroatoms. The summed E-state index contributed by atoms with van der Waals surface area (Å²) in [6.07, 6.45) is 2.83. The van der Waals surface area contributed by atoms with Crippen LogP contribution < -0.4 is 14.8 Å². The number of hydrogen-bond acceptors (Lipinski definition) is 3. The minimum atomic E-state index is -0.0652. The van der Waals surface area contributed by atoms with Gasteiger partial charge in [-0.15, -0.1) is 0 Å². The lowest BCUT2D eigenvalue weighted by Crippen LogP contribution is -2.15. The molecule has 0 saturated heterocycles. The van der Waals surface area contributed by atoms with Gasteiger partial charge in [-0.2, -0.15) is 0 Å². The molecule has 0 aromatic heterocycles. The summed E-state index contributed by atoms with van der Waals surface area (Å²) < 4.78 is 11.1. The van der Waals surface area contributed by atoms with Gasteiger partial charge in [0.25, 0.3) is 0 Å². The van der Waals surface area contributed by atoms with E-state index in [1.165, 1.54) is 0 Å². The molecule has 1 amide bonds. The standard InChI is InChI=1S/C21H24ClNO3/c1-3-4-11-26-20-10-9-14(25-2)12-19(20)23-21(24)17-13-16(17)15-7-5-6-8-18(15)22/h5-10,12,16-17H,3-4,11,13H2,1-2H3,(H,23,24). The zero-order valence-corrected chi connectivity index (χ0v) is 15.9. The van der Waals surface area contributed by atoms with Crippen LogP contribution in [-0.4, -0.2) is 19.6 Å². The molecule has 2 aromatic carbocycles. The molecular formula is C21H24ClNO3. The molecule has 3 rings (SSSR count). The van der Waals surface area contributed by atoms with Crippen LogP contribution in [-0.2, 0) is 4.79 Å². The number of carbonyl (C=O) groups is 1. The average molecular weight is 374 g/mol. The summed E-state index contributed by atoms with van der Waals surface area (Å²) in [7, 11) is 1.60. The maximum atomic E-state index is 12.7. The Hall–Kier alpha value is -2.20. The molecule has 1 aliphatic carbocycles. The third kappa shape index (κ3) is 4.31. The number of anilines is 1. The lowest BCUT2D eigenvalue weighted by molar-refractivity contribution is -0.117. The SMILES string of the molecule is CCCCOc1ccc(OC)cc1NC(=O)C1CC1c1ccccc1Cl. The molecule has 0 bridgehead atoms. The molecule has 1 saturated carbocycles. The van der Waals surface area contributed by atoms with Gasteiger partial charge in [-0.1, -0.05) is 43.1 Å². The summed E-state index contributed by atoms with van der Waals surface area (Å²) in [6.45, 7) is 2.74. The maximum absolute atomic E-state index is 12.7. The van der Waals surface area contributed by atoms with E-state index in [1.54, 1.807) is 13.2 Å². The number of rotatable bonds is 8. The maximum Gasteiger partial charge on any atom is 0.228 e. The second-order valence-corrected chi connectivity index (χ2v) is 6.93. The van der Waals surface area contributed by atoms with E-state index in [0.717, 1.165) is 29.8 Å². The van der Waals surface area contributed by atoms with E-state index in [1.807, 2.05) is 36.4 Å². The highest BCUT2D eigenvalue weighted by Crippen LogP contribution is 2.50. The van der Waals surface area contributed by atoms with Crippen molar-refractivity contribution >= 4 is 23.2 Å². The molecular weight excluding hydrogens is 350 g/mol. The van der Waals surface area contributed by atoms with Gasteiger partial charge in [0, 0.05) is 17.0 Å². The molecule has 2 atom stereocenters. The van der Waals surface area contributed by atoms with Crippen LogP contribution in [0.15, 0.2) is 42.5 Å². The molecule has 0 radical (unpaired) electrons. The smallest absolute Gasteiger partial charge is 0.228 e. The van der Waals surface area contributed by atoms with Crippen molar-refractivity contribution in [2.24, 2.45) is 5.92 Å². The molecule has 138 valence electrons. The quantitative estimate of drug-likeness (QED) is 0.641. The van der Waals surface area contributed by atoms with Gasteiger partial charge in [-0.05, 0) is 42.5 Å². The molecule has 0 heterocycles. The first-order valence-electron chi connectivity index (χ1n) is 9.00. The van der Waals surface area contributed by atoms with Crippen LogP contribution in [0, 0.1) is 5.92 Å². The molecule has 1 N–H and O–H groups in total. The number of methoxy groups -OCH3 is 1. The first-order valence-corrected chi connectivity index (χ1v) is 9.38. The van der Waals surface area contributed by atoms with Crippen molar-refractivity contribution in [2.75, 3.05) is 19.0 Å². The van der Waals surface area contributed by atoms with Crippen molar-refractivity contribution in [3.8, 4) is 11.5 Å². The van der Waals surface area contributed by atoms with Crippen molar-refractivity contribution in [3.05, 3.63) is 53.1 Å². The highest BCUT2D eigenvalue weighted by atomic mass is 35.5. The molecule has 26 heavy (non-hydrogen) atoms. The summed E-state index contributed by atoms with van der Waals surface area (Å²) in [4.78, 5) is 12.7. The number of benzene rings is 2. The minimum absolute atomic E-state index is 0.0106. The average Bonchev–Trinajstić information content (AvgIpc) is 3.44. The highest BCUT2D eigenvalue weighted by molar-refractivity contribution is 6.31. The molecule has 1 fully saturated rings. The van der Waals surface area contributed by atoms with Crippen LogP contribution >= 0.6 is 11.6 Å². The van der Waals surface area contributed by atoms with E-state index in [9.17, 15) is 4.79 Å². The molecule has 0 aliphatic heterocycles. The number of amides is 1. The summed E-state index contributed by atoms with van der Waals surface area (Å²) in [5, 5.41) is 3.73. The Balaban J connectivity index is 1.70. The lowest BCUT2D eigenvalue weighted by atomic mass is 10.1. The Morgan fingerprint density at radius 3 is 2.81 bits per heavy atom. The first-order chi connectivity index (χ1) is 12.6. The predicted octanol–water partition coefficient (Wildman–Crippen LogP) is 5.27. The Morgan fingerprint density at radius 2 is 2.08 bits per heavy atom. The summed E-state index contributed by atoms with van der Waals surface area (Å²) in [5.74, 6) is 1.45. The van der Waals surface area contributed by atoms with Crippen molar-refractivity contribution in [2.45, 2.75) is 32.1 Å². The fourth-order valence-corrected chi connectivity index (χ4v) is 3.29. The summed E-state index contributed by atoms with van der Waals surface area (Å²) >= 11 is 6.26. The van der Waals surface area contributed by atoms with Crippen LogP contribution in [0.2, 0.25) is 5.02 Å². The summed E-state index contributed by atoms with van der Waals surface area (Å²) in [6, 6.07) is 13.2. The first kappa shape index (κ1) is 18.6. The van der Waals surface area contributed by atoms with Crippen LogP contribution in [0.25, 0.3) is 0 Å². The number of nitrogens with one attached hydrogen (secondary N) is 1. The van der Waals surface area contributed by atoms with Crippen LogP contribution in [0.3, 0.4) is 0 Å². The lowest BCUT2D eigenvalue weighted by Gasteiger charge is -2.14. The largest absolute Gasteiger partial charge is 0.497 e. The topological polar surface area (TPSA) is 47.6 Å². The van der Waals surface area contributed by atoms with Crippen molar-refractivity contribution < 1.29 is 14.3 Å². The molecule has 1 aliphatic rings. The third-order valence-electron chi connectivity index (χ3n) is 4.63. The van der Waals surface area contributed by atoms with Crippen molar-refractivity contribution in [1.29, 1.82) is 0 Å². The van der Waals surface area contributed by atoms with Gasteiger partial charge in [-0.25, -0.2) is 0 Å². The number of carbonyl (C=O) groups excluding carboxylic acids is 1. The fourth-order valence-electron chi connectivity index (χ4n) is 3.02. The van der Waals surface area contributed by atoms with Gasteiger partial charge in [0.2, 0.25) is 5.91 Å². The van der Waals surface area contributed by atoms with Crippen LogP contribution in [0.4, 0.5) is 5.69 Å². The normalized spacial score (nSPS) is 18.3. The second-order valence-electron chi connectivity index (χ2n) is 6.52. The minimum Gasteiger partial charge on any atom is -0.497 e. The zero-order valence-electron chi connectivity index (χ0n) is 15.1. The predicted molar refractivity (Wildman–Crippen MR) is 104 cm³/mol. The monoisotopic (exact) mass is 373 g/mol. The Labute approximate surface area is 159 Å². The van der Waals surface area contributed by atoms with E-state index in [-0.39, 0.29) is 17.7 Å². The molecule has 2 aromatic rings. The Kier molecular flexibility index (Phi) is 6.04. The van der Waals surface area contributed by atoms with Crippen LogP contribution in [0.1, 0.15) is 37.7 Å². The van der Waals surface area contributed by atoms with Gasteiger partial charge >= 0.3 is 0 Å². The molecule has 2 unspecified atom stereocenters. The zero-order chi connectivity index (χ0) is 18.5. The van der Waals surface area contributed by atoms with E-state index < -0.39 is 0 Å². The number of ether oxygens (including phenoxy) is 2.